The third-order valence-corrected chi connectivity index (χ3v) is 2.59. The van der Waals surface area contributed by atoms with Crippen LogP contribution in [0.5, 0.6) is 0 Å². The summed E-state index contributed by atoms with van der Waals surface area (Å²) in [6, 6.07) is 3.65. The second-order valence-electron chi connectivity index (χ2n) is 3.59. The van der Waals surface area contributed by atoms with Gasteiger partial charge in [-0.05, 0) is 25.8 Å². The van der Waals surface area contributed by atoms with Gasteiger partial charge in [-0.15, -0.1) is 0 Å². The highest BCUT2D eigenvalue weighted by Gasteiger charge is 2.20. The Kier molecular flexibility index (Phi) is 2.78. The van der Waals surface area contributed by atoms with E-state index in [2.05, 4.69) is 21.8 Å². The predicted molar refractivity (Wildman–Crippen MR) is 63.0 cm³/mol. The van der Waals surface area contributed by atoms with Crippen LogP contribution in [-0.2, 0) is 0 Å². The van der Waals surface area contributed by atoms with Crippen LogP contribution in [0.4, 0.5) is 5.82 Å². The van der Waals surface area contributed by atoms with Crippen LogP contribution in [-0.4, -0.2) is 32.6 Å². The number of hydrogen-bond acceptors (Lipinski definition) is 3. The number of rotatable bonds is 4. The van der Waals surface area contributed by atoms with Crippen molar-refractivity contribution in [3.63, 3.8) is 0 Å². The van der Waals surface area contributed by atoms with Crippen molar-refractivity contribution in [1.29, 1.82) is 0 Å². The fraction of sp³-hybridized carbons (Fsp3) is 0.182. The van der Waals surface area contributed by atoms with Crippen molar-refractivity contribution in [2.24, 2.45) is 4.99 Å². The molecule has 0 aromatic carbocycles. The SMILES string of the molecule is C=Nc1c(C(=O)O)cnn1[C@H](C)c1ccc[nH]1. The Morgan fingerprint density at radius 2 is 2.47 bits per heavy atom. The zero-order chi connectivity index (χ0) is 12.4. The van der Waals surface area contributed by atoms with Gasteiger partial charge in [0.2, 0.25) is 0 Å². The molecule has 2 N–H and O–H groups in total. The summed E-state index contributed by atoms with van der Waals surface area (Å²) in [5.41, 5.74) is 0.980. The summed E-state index contributed by atoms with van der Waals surface area (Å²) in [7, 11) is 0. The number of carboxylic acids is 1. The number of hydrogen-bond donors (Lipinski definition) is 2. The molecule has 0 saturated carbocycles. The predicted octanol–water partition coefficient (Wildman–Crippen LogP) is 1.85. The zero-order valence-electron chi connectivity index (χ0n) is 9.29. The Bertz CT molecular complexity index is 542. The lowest BCUT2D eigenvalue weighted by molar-refractivity contribution is 0.0698. The lowest BCUT2D eigenvalue weighted by Gasteiger charge is -2.12. The fourth-order valence-electron chi connectivity index (χ4n) is 1.68. The van der Waals surface area contributed by atoms with E-state index in [1.165, 1.54) is 10.9 Å². The van der Waals surface area contributed by atoms with Crippen LogP contribution < -0.4 is 0 Å². The second kappa shape index (κ2) is 4.25. The number of nitrogens with zero attached hydrogens (tertiary/aromatic N) is 3. The minimum absolute atomic E-state index is 0.0541. The number of carbonyl (C=O) groups is 1. The molecule has 2 aromatic heterocycles. The lowest BCUT2D eigenvalue weighted by atomic mass is 10.2. The van der Waals surface area contributed by atoms with E-state index in [-0.39, 0.29) is 17.4 Å². The van der Waals surface area contributed by atoms with Gasteiger partial charge in [0.25, 0.3) is 0 Å². The number of H-pyrrole nitrogens is 1. The molecule has 6 heteroatoms. The van der Waals surface area contributed by atoms with Gasteiger partial charge < -0.3 is 10.1 Å². The average Bonchev–Trinajstić information content (AvgIpc) is 2.96. The molecular weight excluding hydrogens is 220 g/mol. The van der Waals surface area contributed by atoms with Crippen molar-refractivity contribution in [1.82, 2.24) is 14.8 Å². The van der Waals surface area contributed by atoms with Gasteiger partial charge in [-0.25, -0.2) is 14.5 Å². The summed E-state index contributed by atoms with van der Waals surface area (Å²) < 4.78 is 1.53. The van der Waals surface area contributed by atoms with Crippen molar-refractivity contribution in [3.05, 3.63) is 35.8 Å². The normalized spacial score (nSPS) is 12.3. The first-order valence-electron chi connectivity index (χ1n) is 5.06. The smallest absolute Gasteiger partial charge is 0.341 e. The standard InChI is InChI=1S/C11H12N4O2/c1-7(9-4-3-5-13-9)15-10(12-2)8(6-14-15)11(16)17/h3-7,13H,2H2,1H3,(H,16,17)/t7-/m1/s1. The van der Waals surface area contributed by atoms with E-state index in [4.69, 9.17) is 5.11 Å². The highest BCUT2D eigenvalue weighted by Crippen LogP contribution is 2.25. The maximum Gasteiger partial charge on any atom is 0.341 e. The molecule has 6 nitrogen and oxygen atoms in total. The van der Waals surface area contributed by atoms with Gasteiger partial charge >= 0.3 is 5.97 Å². The summed E-state index contributed by atoms with van der Waals surface area (Å²) in [5, 5.41) is 13.0. The van der Waals surface area contributed by atoms with Crippen LogP contribution in [0, 0.1) is 0 Å². The van der Waals surface area contributed by atoms with Gasteiger partial charge in [0.1, 0.15) is 5.56 Å². The number of nitrogens with one attached hydrogen (secondary N) is 1. The highest BCUT2D eigenvalue weighted by molar-refractivity contribution is 5.92. The first-order valence-corrected chi connectivity index (χ1v) is 5.06. The number of aromatic carboxylic acids is 1. The molecule has 0 aliphatic rings. The van der Waals surface area contributed by atoms with Crippen LogP contribution in [0.1, 0.15) is 29.0 Å². The van der Waals surface area contributed by atoms with Gasteiger partial charge in [-0.3, -0.25) is 0 Å². The van der Waals surface area contributed by atoms with E-state index >= 15 is 0 Å². The highest BCUT2D eigenvalue weighted by atomic mass is 16.4. The van der Waals surface area contributed by atoms with Crippen LogP contribution in [0.15, 0.2) is 29.5 Å². The van der Waals surface area contributed by atoms with Gasteiger partial charge in [0.05, 0.1) is 12.2 Å². The molecule has 2 rings (SSSR count). The van der Waals surface area contributed by atoms with Gasteiger partial charge in [-0.1, -0.05) is 0 Å². The first kappa shape index (κ1) is 11.1. The van der Waals surface area contributed by atoms with Crippen LogP contribution in [0.3, 0.4) is 0 Å². The monoisotopic (exact) mass is 232 g/mol. The molecule has 0 amide bonds. The molecular formula is C11H12N4O2. The quantitative estimate of drug-likeness (QED) is 0.789. The fourth-order valence-corrected chi connectivity index (χ4v) is 1.68. The number of aromatic amines is 1. The minimum atomic E-state index is -1.06. The molecule has 2 heterocycles. The van der Waals surface area contributed by atoms with E-state index in [0.29, 0.717) is 0 Å². The topological polar surface area (TPSA) is 83.3 Å². The molecule has 88 valence electrons. The van der Waals surface area contributed by atoms with Crippen molar-refractivity contribution in [2.75, 3.05) is 0 Å². The van der Waals surface area contributed by atoms with Crippen molar-refractivity contribution in [3.8, 4) is 0 Å². The summed E-state index contributed by atoms with van der Waals surface area (Å²) in [4.78, 5) is 17.7. The van der Waals surface area contributed by atoms with Gasteiger partial charge in [-0.2, -0.15) is 5.10 Å². The molecule has 0 radical (unpaired) electrons. The molecule has 0 fully saturated rings. The Labute approximate surface area is 97.6 Å². The number of aromatic nitrogens is 3. The Balaban J connectivity index is 2.46. The minimum Gasteiger partial charge on any atom is -0.477 e. The summed E-state index contributed by atoms with van der Waals surface area (Å²) in [5.74, 6) is -0.795. The van der Waals surface area contributed by atoms with Crippen molar-refractivity contribution in [2.45, 2.75) is 13.0 Å². The van der Waals surface area contributed by atoms with Crippen molar-refractivity contribution < 1.29 is 9.90 Å². The van der Waals surface area contributed by atoms with Crippen LogP contribution in [0.25, 0.3) is 0 Å². The lowest BCUT2D eigenvalue weighted by Crippen LogP contribution is -2.08. The third-order valence-electron chi connectivity index (χ3n) is 2.59. The molecule has 0 bridgehead atoms. The zero-order valence-corrected chi connectivity index (χ0v) is 9.29. The summed E-state index contributed by atoms with van der Waals surface area (Å²) in [6.07, 6.45) is 3.08. The molecule has 1 atom stereocenters. The summed E-state index contributed by atoms with van der Waals surface area (Å²) in [6.45, 7) is 5.29. The maximum atomic E-state index is 11.0. The second-order valence-corrected chi connectivity index (χ2v) is 3.59. The summed E-state index contributed by atoms with van der Waals surface area (Å²) >= 11 is 0. The Hall–Kier alpha value is -2.37. The van der Waals surface area contributed by atoms with Gasteiger partial charge in [0.15, 0.2) is 5.82 Å². The van der Waals surface area contributed by atoms with E-state index in [9.17, 15) is 4.79 Å². The molecule has 0 saturated heterocycles. The van der Waals surface area contributed by atoms with Crippen molar-refractivity contribution >= 4 is 18.5 Å². The number of aliphatic imine (C=N–C) groups is 1. The van der Waals surface area contributed by atoms with E-state index in [0.717, 1.165) is 5.69 Å². The molecule has 2 aromatic rings. The molecule has 0 unspecified atom stereocenters. The van der Waals surface area contributed by atoms with Crippen LogP contribution in [0.2, 0.25) is 0 Å². The van der Waals surface area contributed by atoms with E-state index in [1.54, 1.807) is 6.20 Å². The average molecular weight is 232 g/mol. The van der Waals surface area contributed by atoms with E-state index < -0.39 is 5.97 Å². The van der Waals surface area contributed by atoms with E-state index in [1.807, 2.05) is 19.1 Å². The molecule has 0 aliphatic heterocycles. The van der Waals surface area contributed by atoms with Crippen LogP contribution >= 0.6 is 0 Å². The molecule has 17 heavy (non-hydrogen) atoms. The molecule has 0 aliphatic carbocycles. The number of carboxylic acid groups (broad SMARTS) is 1. The Morgan fingerprint density at radius 1 is 1.71 bits per heavy atom. The molecule has 0 spiro atoms. The van der Waals surface area contributed by atoms with Gasteiger partial charge in [0, 0.05) is 11.9 Å². The Morgan fingerprint density at radius 3 is 3.00 bits per heavy atom. The maximum absolute atomic E-state index is 11.0. The first-order chi connectivity index (χ1) is 8.15. The largest absolute Gasteiger partial charge is 0.477 e. The third kappa shape index (κ3) is 1.84.